The van der Waals surface area contributed by atoms with E-state index < -0.39 is 0 Å². The van der Waals surface area contributed by atoms with Crippen molar-refractivity contribution in [2.75, 3.05) is 13.1 Å². The van der Waals surface area contributed by atoms with Crippen LogP contribution in [0.15, 0.2) is 18.2 Å². The van der Waals surface area contributed by atoms with Crippen molar-refractivity contribution in [3.8, 4) is 0 Å². The molecule has 2 N–H and O–H groups in total. The second kappa shape index (κ2) is 5.83. The van der Waals surface area contributed by atoms with Crippen LogP contribution in [0.25, 0.3) is 0 Å². The van der Waals surface area contributed by atoms with Gasteiger partial charge in [0.2, 0.25) is 0 Å². The van der Waals surface area contributed by atoms with Crippen molar-refractivity contribution in [3.05, 3.63) is 29.6 Å². The van der Waals surface area contributed by atoms with Crippen LogP contribution in [0.2, 0.25) is 0 Å². The summed E-state index contributed by atoms with van der Waals surface area (Å²) >= 11 is 0. The van der Waals surface area contributed by atoms with Gasteiger partial charge < -0.3 is 5.73 Å². The molecular weight excluding hydrogens is 186 g/mol. The Labute approximate surface area is 92.3 Å². The summed E-state index contributed by atoms with van der Waals surface area (Å²) in [6.07, 6.45) is 0. The lowest BCUT2D eigenvalue weighted by molar-refractivity contribution is 0.216. The van der Waals surface area contributed by atoms with E-state index in [2.05, 4.69) is 35.9 Å². The normalized spacial score (nSPS) is 11.3. The quantitative estimate of drug-likeness (QED) is 0.796. The topological polar surface area (TPSA) is 42.1 Å². The third kappa shape index (κ3) is 3.98. The van der Waals surface area contributed by atoms with Gasteiger partial charge >= 0.3 is 0 Å². The molecule has 0 saturated carbocycles. The van der Waals surface area contributed by atoms with Crippen LogP contribution in [0.5, 0.6) is 0 Å². The summed E-state index contributed by atoms with van der Waals surface area (Å²) in [5.74, 6) is 0. The SMILES string of the molecule is Cc1cccc(CN(CCN)C(C)C)n1. The van der Waals surface area contributed by atoms with Gasteiger partial charge in [0.25, 0.3) is 0 Å². The fourth-order valence-corrected chi connectivity index (χ4v) is 1.58. The summed E-state index contributed by atoms with van der Waals surface area (Å²) in [5, 5.41) is 0. The molecule has 0 aliphatic rings. The van der Waals surface area contributed by atoms with Crippen LogP contribution in [0.4, 0.5) is 0 Å². The van der Waals surface area contributed by atoms with E-state index in [9.17, 15) is 0 Å². The summed E-state index contributed by atoms with van der Waals surface area (Å²) < 4.78 is 0. The van der Waals surface area contributed by atoms with Crippen LogP contribution in [-0.4, -0.2) is 29.0 Å². The van der Waals surface area contributed by atoms with E-state index in [1.807, 2.05) is 13.0 Å². The number of hydrogen-bond donors (Lipinski definition) is 1. The molecule has 3 heteroatoms. The molecule has 0 aromatic carbocycles. The first-order valence-electron chi connectivity index (χ1n) is 5.50. The second-order valence-electron chi connectivity index (χ2n) is 4.12. The monoisotopic (exact) mass is 207 g/mol. The van der Waals surface area contributed by atoms with Crippen LogP contribution in [-0.2, 0) is 6.54 Å². The van der Waals surface area contributed by atoms with Gasteiger partial charge in [-0.05, 0) is 32.9 Å². The maximum Gasteiger partial charge on any atom is 0.0547 e. The Bertz CT molecular complexity index is 297. The minimum Gasteiger partial charge on any atom is -0.329 e. The molecule has 84 valence electrons. The molecule has 15 heavy (non-hydrogen) atoms. The molecule has 0 unspecified atom stereocenters. The highest BCUT2D eigenvalue weighted by Crippen LogP contribution is 2.06. The van der Waals surface area contributed by atoms with E-state index >= 15 is 0 Å². The summed E-state index contributed by atoms with van der Waals surface area (Å²) in [6, 6.07) is 6.65. The summed E-state index contributed by atoms with van der Waals surface area (Å²) in [4.78, 5) is 6.83. The minimum atomic E-state index is 0.510. The van der Waals surface area contributed by atoms with Crippen LogP contribution in [0, 0.1) is 6.92 Å². The van der Waals surface area contributed by atoms with Gasteiger partial charge in [0.15, 0.2) is 0 Å². The van der Waals surface area contributed by atoms with Crippen LogP contribution < -0.4 is 5.73 Å². The van der Waals surface area contributed by atoms with Crippen LogP contribution in [0.1, 0.15) is 25.2 Å². The van der Waals surface area contributed by atoms with Crippen LogP contribution in [0.3, 0.4) is 0 Å². The Morgan fingerprint density at radius 2 is 2.13 bits per heavy atom. The fraction of sp³-hybridized carbons (Fsp3) is 0.583. The third-order valence-electron chi connectivity index (χ3n) is 2.46. The number of hydrogen-bond acceptors (Lipinski definition) is 3. The molecular formula is C12H21N3. The number of aromatic nitrogens is 1. The molecule has 0 bridgehead atoms. The van der Waals surface area contributed by atoms with Gasteiger partial charge in [0, 0.05) is 31.4 Å². The molecule has 0 spiro atoms. The lowest BCUT2D eigenvalue weighted by Crippen LogP contribution is -2.35. The molecule has 0 atom stereocenters. The van der Waals surface area contributed by atoms with Gasteiger partial charge in [-0.25, -0.2) is 0 Å². The fourth-order valence-electron chi connectivity index (χ4n) is 1.58. The smallest absolute Gasteiger partial charge is 0.0547 e. The van der Waals surface area contributed by atoms with Crippen molar-refractivity contribution in [2.24, 2.45) is 5.73 Å². The molecule has 0 radical (unpaired) electrons. The lowest BCUT2D eigenvalue weighted by atomic mass is 10.2. The molecule has 1 heterocycles. The maximum absolute atomic E-state index is 5.59. The third-order valence-corrected chi connectivity index (χ3v) is 2.46. The van der Waals surface area contributed by atoms with Gasteiger partial charge in [0.05, 0.1) is 5.69 Å². The molecule has 1 aromatic heterocycles. The molecule has 0 fully saturated rings. The Hall–Kier alpha value is -0.930. The Morgan fingerprint density at radius 3 is 2.67 bits per heavy atom. The molecule has 1 rings (SSSR count). The highest BCUT2D eigenvalue weighted by Gasteiger charge is 2.09. The average molecular weight is 207 g/mol. The second-order valence-corrected chi connectivity index (χ2v) is 4.12. The van der Waals surface area contributed by atoms with Gasteiger partial charge in [-0.2, -0.15) is 0 Å². The van der Waals surface area contributed by atoms with Crippen molar-refractivity contribution in [2.45, 2.75) is 33.4 Å². The molecule has 1 aromatic rings. The highest BCUT2D eigenvalue weighted by molar-refractivity contribution is 5.09. The van der Waals surface area contributed by atoms with E-state index in [0.717, 1.165) is 24.5 Å². The van der Waals surface area contributed by atoms with Crippen molar-refractivity contribution >= 4 is 0 Å². The van der Waals surface area contributed by atoms with Crippen LogP contribution >= 0.6 is 0 Å². The van der Waals surface area contributed by atoms with E-state index in [1.54, 1.807) is 0 Å². The Morgan fingerprint density at radius 1 is 1.40 bits per heavy atom. The van der Waals surface area contributed by atoms with E-state index in [0.29, 0.717) is 12.6 Å². The number of aryl methyl sites for hydroxylation is 1. The largest absolute Gasteiger partial charge is 0.329 e. The van der Waals surface area contributed by atoms with E-state index in [4.69, 9.17) is 5.73 Å². The van der Waals surface area contributed by atoms with E-state index in [-0.39, 0.29) is 0 Å². The van der Waals surface area contributed by atoms with Crippen molar-refractivity contribution in [1.82, 2.24) is 9.88 Å². The Kier molecular flexibility index (Phi) is 4.72. The first-order valence-corrected chi connectivity index (χ1v) is 5.50. The predicted octanol–water partition coefficient (Wildman–Crippen LogP) is 1.56. The molecule has 0 saturated heterocycles. The summed E-state index contributed by atoms with van der Waals surface area (Å²) in [6.45, 7) is 8.90. The summed E-state index contributed by atoms with van der Waals surface area (Å²) in [7, 11) is 0. The lowest BCUT2D eigenvalue weighted by Gasteiger charge is -2.25. The minimum absolute atomic E-state index is 0.510. The maximum atomic E-state index is 5.59. The van der Waals surface area contributed by atoms with Crippen molar-refractivity contribution in [3.63, 3.8) is 0 Å². The average Bonchev–Trinajstić information content (AvgIpc) is 2.17. The number of nitrogens with zero attached hydrogens (tertiary/aromatic N) is 2. The first kappa shape index (κ1) is 12.1. The number of rotatable bonds is 5. The highest BCUT2D eigenvalue weighted by atomic mass is 15.2. The number of pyridine rings is 1. The molecule has 0 aliphatic carbocycles. The zero-order chi connectivity index (χ0) is 11.3. The molecule has 0 amide bonds. The van der Waals surface area contributed by atoms with Crippen molar-refractivity contribution in [1.29, 1.82) is 0 Å². The standard InChI is InChI=1S/C12H21N3/c1-10(2)15(8-7-13)9-12-6-4-5-11(3)14-12/h4-6,10H,7-9,13H2,1-3H3. The van der Waals surface area contributed by atoms with E-state index in [1.165, 1.54) is 0 Å². The molecule has 0 aliphatic heterocycles. The predicted molar refractivity (Wildman–Crippen MR) is 63.6 cm³/mol. The van der Waals surface area contributed by atoms with Gasteiger partial charge in [-0.15, -0.1) is 0 Å². The van der Waals surface area contributed by atoms with Gasteiger partial charge in [-0.3, -0.25) is 9.88 Å². The van der Waals surface area contributed by atoms with Gasteiger partial charge in [-0.1, -0.05) is 6.07 Å². The zero-order valence-corrected chi connectivity index (χ0v) is 9.90. The summed E-state index contributed by atoms with van der Waals surface area (Å²) in [5.41, 5.74) is 7.78. The van der Waals surface area contributed by atoms with Gasteiger partial charge in [0.1, 0.15) is 0 Å². The van der Waals surface area contributed by atoms with Crippen molar-refractivity contribution < 1.29 is 0 Å². The Balaban J connectivity index is 2.65. The zero-order valence-electron chi connectivity index (χ0n) is 9.90. The number of nitrogens with two attached hydrogens (primary N) is 1. The first-order chi connectivity index (χ1) is 7.13. The molecule has 3 nitrogen and oxygen atoms in total.